The Kier molecular flexibility index (Phi) is 3.89. The molecule has 7 nitrogen and oxygen atoms in total. The summed E-state index contributed by atoms with van der Waals surface area (Å²) in [5.74, 6) is -0.318. The zero-order valence-electron chi connectivity index (χ0n) is 13.2. The number of carboxylic acids is 1. The van der Waals surface area contributed by atoms with Crippen LogP contribution in [0.2, 0.25) is 0 Å². The van der Waals surface area contributed by atoms with E-state index in [0.29, 0.717) is 31.1 Å². The number of hydrogen-bond acceptors (Lipinski definition) is 5. The van der Waals surface area contributed by atoms with E-state index in [1.54, 1.807) is 14.2 Å². The van der Waals surface area contributed by atoms with Crippen molar-refractivity contribution in [3.05, 3.63) is 23.8 Å². The van der Waals surface area contributed by atoms with Crippen molar-refractivity contribution < 1.29 is 24.2 Å². The number of amides is 1. The second-order valence-electron chi connectivity index (χ2n) is 6.05. The maximum absolute atomic E-state index is 11.9. The van der Waals surface area contributed by atoms with E-state index < -0.39 is 17.3 Å². The average molecular weight is 320 g/mol. The van der Waals surface area contributed by atoms with E-state index >= 15 is 0 Å². The Morgan fingerprint density at radius 3 is 2.83 bits per heavy atom. The minimum absolute atomic E-state index is 0.174. The number of carboxylic acid groups (broad SMARTS) is 1. The van der Waals surface area contributed by atoms with Crippen molar-refractivity contribution in [1.82, 2.24) is 10.2 Å². The number of benzene rings is 1. The van der Waals surface area contributed by atoms with Crippen LogP contribution >= 0.6 is 0 Å². The standard InChI is InChI=1S/C16H20N2O5/c1-22-12-5-3-4-10(13(12)23-2)6-18-7-11-14(19)17-8-16(11,9-18)15(20)21/h3-5,11H,6-9H2,1-2H3,(H,17,19)(H,20,21)/t11-,16+/m1/s1. The molecule has 2 N–H and O–H groups in total. The topological polar surface area (TPSA) is 88.1 Å². The summed E-state index contributed by atoms with van der Waals surface area (Å²) in [6, 6.07) is 5.60. The van der Waals surface area contributed by atoms with Crippen LogP contribution in [0.3, 0.4) is 0 Å². The number of carbonyl (C=O) groups excluding carboxylic acids is 1. The molecule has 0 bridgehead atoms. The van der Waals surface area contributed by atoms with Crippen LogP contribution in [0.1, 0.15) is 5.56 Å². The van der Waals surface area contributed by atoms with Crippen molar-refractivity contribution in [2.75, 3.05) is 33.9 Å². The maximum Gasteiger partial charge on any atom is 0.313 e. The highest BCUT2D eigenvalue weighted by molar-refractivity contribution is 5.92. The van der Waals surface area contributed by atoms with Gasteiger partial charge in [0.05, 0.1) is 20.1 Å². The van der Waals surface area contributed by atoms with Crippen LogP contribution in [0.5, 0.6) is 11.5 Å². The predicted molar refractivity (Wildman–Crippen MR) is 81.4 cm³/mol. The molecule has 0 radical (unpaired) electrons. The van der Waals surface area contributed by atoms with Gasteiger partial charge in [-0.05, 0) is 6.07 Å². The Hall–Kier alpha value is -2.28. The highest BCUT2D eigenvalue weighted by atomic mass is 16.5. The van der Waals surface area contributed by atoms with Crippen molar-refractivity contribution in [2.45, 2.75) is 6.54 Å². The lowest BCUT2D eigenvalue weighted by molar-refractivity contribution is -0.149. The summed E-state index contributed by atoms with van der Waals surface area (Å²) in [4.78, 5) is 25.6. The molecule has 2 aliphatic heterocycles. The number of aliphatic carboxylic acids is 1. The van der Waals surface area contributed by atoms with Gasteiger partial charge in [-0.2, -0.15) is 0 Å². The number of para-hydroxylation sites is 1. The Morgan fingerprint density at radius 2 is 2.22 bits per heavy atom. The molecular formula is C16H20N2O5. The molecule has 0 aliphatic carbocycles. The lowest BCUT2D eigenvalue weighted by Gasteiger charge is -2.22. The van der Waals surface area contributed by atoms with Gasteiger partial charge in [-0.15, -0.1) is 0 Å². The first-order valence-corrected chi connectivity index (χ1v) is 7.45. The van der Waals surface area contributed by atoms with Gasteiger partial charge in [0, 0.05) is 31.7 Å². The molecule has 7 heteroatoms. The van der Waals surface area contributed by atoms with Gasteiger partial charge in [0.25, 0.3) is 0 Å². The number of likely N-dealkylation sites (tertiary alicyclic amines) is 1. The van der Waals surface area contributed by atoms with E-state index in [1.807, 2.05) is 23.1 Å². The Morgan fingerprint density at radius 1 is 1.43 bits per heavy atom. The van der Waals surface area contributed by atoms with Crippen LogP contribution in [-0.4, -0.2) is 55.7 Å². The number of fused-ring (bicyclic) bond motifs is 1. The fourth-order valence-corrected chi connectivity index (χ4v) is 3.62. The molecule has 1 amide bonds. The van der Waals surface area contributed by atoms with Crippen LogP contribution in [0.15, 0.2) is 18.2 Å². The first kappa shape index (κ1) is 15.6. The molecule has 0 aromatic heterocycles. The summed E-state index contributed by atoms with van der Waals surface area (Å²) in [5, 5.41) is 12.3. The molecular weight excluding hydrogens is 300 g/mol. The van der Waals surface area contributed by atoms with E-state index in [0.717, 1.165) is 5.56 Å². The normalized spacial score (nSPS) is 26.7. The van der Waals surface area contributed by atoms with Crippen molar-refractivity contribution in [2.24, 2.45) is 11.3 Å². The van der Waals surface area contributed by atoms with E-state index in [-0.39, 0.29) is 12.5 Å². The number of nitrogens with one attached hydrogen (secondary N) is 1. The molecule has 2 aliphatic rings. The summed E-state index contributed by atoms with van der Waals surface area (Å²) in [6.45, 7) is 1.47. The molecule has 2 saturated heterocycles. The summed E-state index contributed by atoms with van der Waals surface area (Å²) in [5.41, 5.74) is -0.115. The molecule has 0 unspecified atom stereocenters. The number of ether oxygens (including phenoxy) is 2. The maximum atomic E-state index is 11.9. The first-order chi connectivity index (χ1) is 11.0. The van der Waals surface area contributed by atoms with Gasteiger partial charge in [0.1, 0.15) is 5.41 Å². The van der Waals surface area contributed by atoms with Crippen LogP contribution in [-0.2, 0) is 16.1 Å². The first-order valence-electron chi connectivity index (χ1n) is 7.45. The molecule has 3 rings (SSSR count). The summed E-state index contributed by atoms with van der Waals surface area (Å²) in [7, 11) is 3.15. The number of carbonyl (C=O) groups is 2. The summed E-state index contributed by atoms with van der Waals surface area (Å²) >= 11 is 0. The molecule has 0 spiro atoms. The van der Waals surface area contributed by atoms with Crippen LogP contribution in [0.4, 0.5) is 0 Å². The lowest BCUT2D eigenvalue weighted by Crippen LogP contribution is -2.40. The van der Waals surface area contributed by atoms with Crippen molar-refractivity contribution in [1.29, 1.82) is 0 Å². The molecule has 1 aromatic rings. The van der Waals surface area contributed by atoms with E-state index in [2.05, 4.69) is 5.32 Å². The van der Waals surface area contributed by atoms with Crippen molar-refractivity contribution in [3.8, 4) is 11.5 Å². The van der Waals surface area contributed by atoms with Gasteiger partial charge in [-0.1, -0.05) is 12.1 Å². The molecule has 23 heavy (non-hydrogen) atoms. The Labute approximate surface area is 134 Å². The van der Waals surface area contributed by atoms with Crippen molar-refractivity contribution in [3.63, 3.8) is 0 Å². The van der Waals surface area contributed by atoms with E-state index in [1.165, 1.54) is 0 Å². The zero-order valence-corrected chi connectivity index (χ0v) is 13.2. The fourth-order valence-electron chi connectivity index (χ4n) is 3.62. The molecule has 2 fully saturated rings. The Bertz CT molecular complexity index is 647. The second-order valence-corrected chi connectivity index (χ2v) is 6.05. The number of hydrogen-bond donors (Lipinski definition) is 2. The second kappa shape index (κ2) is 5.73. The van der Waals surface area contributed by atoms with E-state index in [9.17, 15) is 14.7 Å². The average Bonchev–Trinajstić information content (AvgIpc) is 3.05. The minimum atomic E-state index is -1.02. The van der Waals surface area contributed by atoms with Gasteiger partial charge in [-0.3, -0.25) is 14.5 Å². The smallest absolute Gasteiger partial charge is 0.313 e. The molecule has 124 valence electrons. The molecule has 0 saturated carbocycles. The summed E-state index contributed by atoms with van der Waals surface area (Å²) in [6.07, 6.45) is 0. The molecule has 1 aromatic carbocycles. The third-order valence-electron chi connectivity index (χ3n) is 4.81. The monoisotopic (exact) mass is 320 g/mol. The van der Waals surface area contributed by atoms with Gasteiger partial charge >= 0.3 is 5.97 Å². The SMILES string of the molecule is COc1cccc(CN2C[C@@H]3C(=O)NC[C@]3(C(=O)O)C2)c1OC. The van der Waals surface area contributed by atoms with Crippen LogP contribution < -0.4 is 14.8 Å². The third-order valence-corrected chi connectivity index (χ3v) is 4.81. The van der Waals surface area contributed by atoms with Gasteiger partial charge in [0.15, 0.2) is 11.5 Å². The number of rotatable bonds is 5. The van der Waals surface area contributed by atoms with Gasteiger partial charge in [-0.25, -0.2) is 0 Å². The quantitative estimate of drug-likeness (QED) is 0.813. The van der Waals surface area contributed by atoms with E-state index in [4.69, 9.17) is 9.47 Å². The van der Waals surface area contributed by atoms with Crippen molar-refractivity contribution >= 4 is 11.9 Å². The van der Waals surface area contributed by atoms with Gasteiger partial charge in [0.2, 0.25) is 5.91 Å². The van der Waals surface area contributed by atoms with Gasteiger partial charge < -0.3 is 19.9 Å². The number of nitrogens with zero attached hydrogens (tertiary/aromatic N) is 1. The molecule has 2 atom stereocenters. The summed E-state index contributed by atoms with van der Waals surface area (Å²) < 4.78 is 10.7. The lowest BCUT2D eigenvalue weighted by atomic mass is 9.81. The molecule has 2 heterocycles. The van der Waals surface area contributed by atoms with Crippen LogP contribution in [0.25, 0.3) is 0 Å². The fraction of sp³-hybridized carbons (Fsp3) is 0.500. The highest BCUT2D eigenvalue weighted by Gasteiger charge is 2.59. The number of methoxy groups -OCH3 is 2. The van der Waals surface area contributed by atoms with Crippen LogP contribution in [0, 0.1) is 11.3 Å². The Balaban J connectivity index is 1.84. The zero-order chi connectivity index (χ0) is 16.6. The predicted octanol–water partition coefficient (Wildman–Crippen LogP) is 0.336. The largest absolute Gasteiger partial charge is 0.493 e. The highest BCUT2D eigenvalue weighted by Crippen LogP contribution is 2.41. The third kappa shape index (κ3) is 2.41. The minimum Gasteiger partial charge on any atom is -0.493 e.